The molecule has 4 rings (SSSR count). The molecule has 0 unspecified atom stereocenters. The topological polar surface area (TPSA) is 57.9 Å². The molecule has 7 heteroatoms. The van der Waals surface area contributed by atoms with Crippen LogP contribution in [0.1, 0.15) is 25.0 Å². The molecule has 1 aliphatic heterocycles. The van der Waals surface area contributed by atoms with Crippen molar-refractivity contribution in [3.63, 3.8) is 0 Å². The zero-order chi connectivity index (χ0) is 23.0. The highest BCUT2D eigenvalue weighted by molar-refractivity contribution is 6.23. The summed E-state index contributed by atoms with van der Waals surface area (Å²) < 4.78 is 14.8. The summed E-state index contributed by atoms with van der Waals surface area (Å²) >= 11 is 0. The van der Waals surface area contributed by atoms with E-state index in [9.17, 15) is 14.0 Å². The van der Waals surface area contributed by atoms with Gasteiger partial charge in [-0.15, -0.1) is 0 Å². The Morgan fingerprint density at radius 2 is 1.78 bits per heavy atom. The third-order valence-corrected chi connectivity index (χ3v) is 5.75. The van der Waals surface area contributed by atoms with Crippen LogP contribution < -0.4 is 4.90 Å². The van der Waals surface area contributed by atoms with Gasteiger partial charge in [0, 0.05) is 24.5 Å². The van der Waals surface area contributed by atoms with Crippen LogP contribution in [0.25, 0.3) is 16.0 Å². The number of amides is 3. The number of hydrogen-bond acceptors (Lipinski definition) is 3. The lowest BCUT2D eigenvalue weighted by Gasteiger charge is -2.27. The molecule has 160 valence electrons. The molecule has 0 aliphatic carbocycles. The second-order valence-corrected chi connectivity index (χ2v) is 8.20. The minimum absolute atomic E-state index is 0.0841. The number of benzene rings is 2. The third-order valence-electron chi connectivity index (χ3n) is 5.75. The van der Waals surface area contributed by atoms with E-state index in [1.165, 1.54) is 11.0 Å². The van der Waals surface area contributed by atoms with Crippen molar-refractivity contribution in [2.45, 2.75) is 32.9 Å². The van der Waals surface area contributed by atoms with Crippen LogP contribution in [-0.4, -0.2) is 27.4 Å². The molecule has 1 fully saturated rings. The number of aromatic nitrogens is 1. The Labute approximate surface area is 185 Å². The minimum atomic E-state index is -1.11. The van der Waals surface area contributed by atoms with Crippen LogP contribution in [0.2, 0.25) is 0 Å². The van der Waals surface area contributed by atoms with E-state index in [2.05, 4.69) is 9.83 Å². The Kier molecular flexibility index (Phi) is 5.23. The van der Waals surface area contributed by atoms with Gasteiger partial charge in [0.05, 0.1) is 12.3 Å². The number of urea groups is 1. The first-order chi connectivity index (χ1) is 15.2. The van der Waals surface area contributed by atoms with Gasteiger partial charge >= 0.3 is 6.03 Å². The van der Waals surface area contributed by atoms with Gasteiger partial charge in [-0.3, -0.25) is 9.78 Å². The maximum atomic E-state index is 14.8. The summed E-state index contributed by atoms with van der Waals surface area (Å²) in [6.07, 6.45) is 3.20. The lowest BCUT2D eigenvalue weighted by atomic mass is 10.0. The van der Waals surface area contributed by atoms with Gasteiger partial charge in [0.15, 0.2) is 5.69 Å². The number of nitrogens with zero attached hydrogens (tertiary/aromatic N) is 4. The Balaban J connectivity index is 1.64. The lowest BCUT2D eigenvalue weighted by molar-refractivity contribution is -0.123. The van der Waals surface area contributed by atoms with Crippen molar-refractivity contribution >= 4 is 23.3 Å². The highest BCUT2D eigenvalue weighted by atomic mass is 19.1. The molecule has 0 spiro atoms. The van der Waals surface area contributed by atoms with Gasteiger partial charge in [-0.05, 0) is 67.8 Å². The quantitative estimate of drug-likeness (QED) is 0.408. The van der Waals surface area contributed by atoms with Crippen molar-refractivity contribution in [2.24, 2.45) is 0 Å². The third kappa shape index (κ3) is 3.50. The fraction of sp³-hybridized carbons (Fsp3) is 0.200. The molecule has 1 aromatic heterocycles. The van der Waals surface area contributed by atoms with Crippen LogP contribution in [0.4, 0.5) is 20.6 Å². The van der Waals surface area contributed by atoms with E-state index >= 15 is 0 Å². The number of rotatable bonds is 4. The van der Waals surface area contributed by atoms with E-state index in [0.29, 0.717) is 33.6 Å². The average molecular weight is 428 g/mol. The predicted molar refractivity (Wildman–Crippen MR) is 120 cm³/mol. The van der Waals surface area contributed by atoms with Crippen LogP contribution in [0.15, 0.2) is 60.9 Å². The highest BCUT2D eigenvalue weighted by Gasteiger charge is 2.51. The Morgan fingerprint density at radius 3 is 2.41 bits per heavy atom. The summed E-state index contributed by atoms with van der Waals surface area (Å²) in [7, 11) is 0. The van der Waals surface area contributed by atoms with Gasteiger partial charge in [0.1, 0.15) is 11.4 Å². The summed E-state index contributed by atoms with van der Waals surface area (Å²) in [4.78, 5) is 36.3. The summed E-state index contributed by atoms with van der Waals surface area (Å²) in [6.45, 7) is 12.4. The molecular formula is C25H21FN4O2. The molecule has 32 heavy (non-hydrogen) atoms. The van der Waals surface area contributed by atoms with Gasteiger partial charge in [0.2, 0.25) is 0 Å². The van der Waals surface area contributed by atoms with E-state index in [4.69, 9.17) is 6.57 Å². The number of aryl methyl sites for hydroxylation is 1. The molecule has 0 atom stereocenters. The zero-order valence-corrected chi connectivity index (χ0v) is 18.0. The maximum Gasteiger partial charge on any atom is 0.332 e. The minimum Gasteiger partial charge on any atom is -0.305 e. The number of carbonyl (C=O) groups is 2. The highest BCUT2D eigenvalue weighted by Crippen LogP contribution is 2.35. The van der Waals surface area contributed by atoms with Gasteiger partial charge in [-0.2, -0.15) is 0 Å². The van der Waals surface area contributed by atoms with Crippen LogP contribution in [-0.2, 0) is 11.3 Å². The van der Waals surface area contributed by atoms with Crippen molar-refractivity contribution in [1.29, 1.82) is 0 Å². The maximum absolute atomic E-state index is 14.8. The molecule has 1 aliphatic rings. The Bertz CT molecular complexity index is 1260. The van der Waals surface area contributed by atoms with Crippen molar-refractivity contribution in [2.75, 3.05) is 4.90 Å². The van der Waals surface area contributed by atoms with Crippen LogP contribution in [0, 0.1) is 19.3 Å². The lowest BCUT2D eigenvalue weighted by Crippen LogP contribution is -2.43. The number of halogens is 1. The monoisotopic (exact) mass is 428 g/mol. The number of pyridine rings is 1. The van der Waals surface area contributed by atoms with Gasteiger partial charge in [-0.1, -0.05) is 18.2 Å². The molecule has 1 saturated heterocycles. The van der Waals surface area contributed by atoms with Crippen molar-refractivity contribution in [3.8, 4) is 11.1 Å². The first kappa shape index (κ1) is 21.2. The molecule has 3 amide bonds. The van der Waals surface area contributed by atoms with E-state index in [1.807, 2.05) is 0 Å². The van der Waals surface area contributed by atoms with Crippen LogP contribution in [0.5, 0.6) is 0 Å². The number of imide groups is 1. The Hall–Kier alpha value is -4.05. The fourth-order valence-corrected chi connectivity index (χ4v) is 3.84. The molecule has 2 heterocycles. The van der Waals surface area contributed by atoms with E-state index in [0.717, 1.165) is 4.90 Å². The van der Waals surface area contributed by atoms with Crippen molar-refractivity contribution in [3.05, 3.63) is 89.3 Å². The molecule has 0 radical (unpaired) electrons. The SMILES string of the molecule is [C-]#[N+]c1ccc(N2C(=O)N(Cc3ccc(-c4ccncc4)c(F)c3)C(C)(C)C2=O)cc1C. The largest absolute Gasteiger partial charge is 0.332 e. The van der Waals surface area contributed by atoms with E-state index < -0.39 is 17.4 Å². The van der Waals surface area contributed by atoms with E-state index in [1.54, 1.807) is 75.6 Å². The standard InChI is InChI=1S/C25H21FN4O2/c1-16-13-19(6-8-22(16)27-4)30-23(31)25(2,3)29(24(30)32)15-17-5-7-20(21(26)14-17)18-9-11-28-12-10-18/h5-14H,15H2,1-3H3. The molecule has 6 nitrogen and oxygen atoms in total. The molecule has 2 aromatic carbocycles. The van der Waals surface area contributed by atoms with Crippen molar-refractivity contribution < 1.29 is 14.0 Å². The molecule has 0 bridgehead atoms. The zero-order valence-electron chi connectivity index (χ0n) is 18.0. The normalized spacial score (nSPS) is 15.2. The summed E-state index contributed by atoms with van der Waals surface area (Å²) in [6, 6.07) is 12.6. The number of anilines is 1. The second-order valence-electron chi connectivity index (χ2n) is 8.20. The van der Waals surface area contributed by atoms with Gasteiger partial charge < -0.3 is 4.90 Å². The summed E-state index contributed by atoms with van der Waals surface area (Å²) in [5.74, 6) is -0.780. The average Bonchev–Trinajstić information content (AvgIpc) is 2.94. The van der Waals surface area contributed by atoms with Crippen LogP contribution >= 0.6 is 0 Å². The Morgan fingerprint density at radius 1 is 1.06 bits per heavy atom. The molecule has 0 N–H and O–H groups in total. The predicted octanol–water partition coefficient (Wildman–Crippen LogP) is 5.49. The first-order valence-corrected chi connectivity index (χ1v) is 10.1. The smallest absolute Gasteiger partial charge is 0.305 e. The number of carbonyl (C=O) groups excluding carboxylic acids is 2. The second kappa shape index (κ2) is 7.89. The fourth-order valence-electron chi connectivity index (χ4n) is 3.84. The van der Waals surface area contributed by atoms with E-state index in [-0.39, 0.29) is 12.5 Å². The number of hydrogen-bond donors (Lipinski definition) is 0. The first-order valence-electron chi connectivity index (χ1n) is 10.1. The van der Waals surface area contributed by atoms with Crippen molar-refractivity contribution in [1.82, 2.24) is 9.88 Å². The molecule has 0 saturated carbocycles. The molecule has 3 aromatic rings. The summed E-state index contributed by atoms with van der Waals surface area (Å²) in [5, 5.41) is 0. The van der Waals surface area contributed by atoms with Gasteiger partial charge in [-0.25, -0.2) is 18.9 Å². The summed E-state index contributed by atoms with van der Waals surface area (Å²) in [5.41, 5.74) is 2.19. The van der Waals surface area contributed by atoms with Gasteiger partial charge in [0.25, 0.3) is 5.91 Å². The van der Waals surface area contributed by atoms with Crippen LogP contribution in [0.3, 0.4) is 0 Å². The molecular weight excluding hydrogens is 407 g/mol.